The minimum atomic E-state index is -0.718. The second-order valence-electron chi connectivity index (χ2n) is 3.98. The average molecular weight is 210 g/mol. The number of nitrogens with one attached hydrogen (secondary N) is 1. The third-order valence-corrected chi connectivity index (χ3v) is 2.48. The van der Waals surface area contributed by atoms with Crippen LogP contribution in [0.1, 0.15) is 18.9 Å². The smallest absolute Gasteiger partial charge is 0.306 e. The van der Waals surface area contributed by atoms with E-state index < -0.39 is 5.97 Å². The van der Waals surface area contributed by atoms with Gasteiger partial charge in [-0.15, -0.1) is 0 Å². The van der Waals surface area contributed by atoms with Crippen LogP contribution in [0.15, 0.2) is 18.5 Å². The van der Waals surface area contributed by atoms with Gasteiger partial charge in [-0.05, 0) is 31.6 Å². The molecule has 0 aliphatic rings. The summed E-state index contributed by atoms with van der Waals surface area (Å²) < 4.78 is 0. The number of nitrogens with zero attached hydrogens (tertiary/aromatic N) is 1. The number of hydrogen-bond acceptors (Lipinski definition) is 2. The number of carboxylic acid groups (broad SMARTS) is 1. The lowest BCUT2D eigenvalue weighted by Crippen LogP contribution is -2.22. The number of hydrogen-bond donors (Lipinski definition) is 2. The van der Waals surface area contributed by atoms with Crippen molar-refractivity contribution in [3.8, 4) is 0 Å². The SMILES string of the molecule is CC(CCN(C)Cc1cc[nH]c1)C(=O)O. The van der Waals surface area contributed by atoms with Crippen LogP contribution >= 0.6 is 0 Å². The van der Waals surface area contributed by atoms with Crippen LogP contribution in [-0.2, 0) is 11.3 Å². The van der Waals surface area contributed by atoms with Crippen LogP contribution in [0.5, 0.6) is 0 Å². The second-order valence-corrected chi connectivity index (χ2v) is 3.98. The number of carbonyl (C=O) groups is 1. The molecule has 0 fully saturated rings. The Morgan fingerprint density at radius 1 is 1.67 bits per heavy atom. The first-order valence-electron chi connectivity index (χ1n) is 5.12. The highest BCUT2D eigenvalue weighted by Gasteiger charge is 2.11. The molecule has 0 radical (unpaired) electrons. The van der Waals surface area contributed by atoms with E-state index in [0.29, 0.717) is 6.42 Å². The van der Waals surface area contributed by atoms with Gasteiger partial charge in [-0.2, -0.15) is 0 Å². The molecule has 0 saturated heterocycles. The van der Waals surface area contributed by atoms with Gasteiger partial charge in [0.05, 0.1) is 5.92 Å². The van der Waals surface area contributed by atoms with Crippen LogP contribution in [0.3, 0.4) is 0 Å². The Morgan fingerprint density at radius 2 is 2.40 bits per heavy atom. The van der Waals surface area contributed by atoms with Gasteiger partial charge in [0, 0.05) is 18.9 Å². The molecule has 1 heterocycles. The summed E-state index contributed by atoms with van der Waals surface area (Å²) in [5, 5.41) is 8.73. The average Bonchev–Trinajstić information content (AvgIpc) is 2.66. The highest BCUT2D eigenvalue weighted by Crippen LogP contribution is 2.06. The fraction of sp³-hybridized carbons (Fsp3) is 0.545. The summed E-state index contributed by atoms with van der Waals surface area (Å²) in [6, 6.07) is 2.02. The molecule has 1 atom stereocenters. The highest BCUT2D eigenvalue weighted by atomic mass is 16.4. The quantitative estimate of drug-likeness (QED) is 0.749. The third kappa shape index (κ3) is 4.16. The minimum absolute atomic E-state index is 0.265. The molecule has 1 aromatic heterocycles. The van der Waals surface area contributed by atoms with Gasteiger partial charge in [0.2, 0.25) is 0 Å². The van der Waals surface area contributed by atoms with E-state index in [4.69, 9.17) is 5.11 Å². The van der Waals surface area contributed by atoms with E-state index >= 15 is 0 Å². The van der Waals surface area contributed by atoms with Crippen LogP contribution in [0.25, 0.3) is 0 Å². The highest BCUT2D eigenvalue weighted by molar-refractivity contribution is 5.69. The van der Waals surface area contributed by atoms with E-state index in [0.717, 1.165) is 13.1 Å². The molecular weight excluding hydrogens is 192 g/mol. The van der Waals surface area contributed by atoms with E-state index in [1.54, 1.807) is 6.92 Å². The van der Waals surface area contributed by atoms with E-state index in [1.807, 2.05) is 25.5 Å². The van der Waals surface area contributed by atoms with Crippen molar-refractivity contribution in [2.24, 2.45) is 5.92 Å². The van der Waals surface area contributed by atoms with Gasteiger partial charge in [0.1, 0.15) is 0 Å². The predicted octanol–water partition coefficient (Wildman–Crippen LogP) is 1.56. The van der Waals surface area contributed by atoms with Gasteiger partial charge in [-0.1, -0.05) is 6.92 Å². The zero-order valence-electron chi connectivity index (χ0n) is 9.23. The van der Waals surface area contributed by atoms with Crippen molar-refractivity contribution in [3.05, 3.63) is 24.0 Å². The predicted molar refractivity (Wildman–Crippen MR) is 58.5 cm³/mol. The van der Waals surface area contributed by atoms with Crippen molar-refractivity contribution < 1.29 is 9.90 Å². The molecule has 4 heteroatoms. The van der Waals surface area contributed by atoms with Gasteiger partial charge in [0.15, 0.2) is 0 Å². The summed E-state index contributed by atoms with van der Waals surface area (Å²) in [5.41, 5.74) is 1.22. The molecule has 2 N–H and O–H groups in total. The van der Waals surface area contributed by atoms with E-state index in [1.165, 1.54) is 5.56 Å². The summed E-state index contributed by atoms with van der Waals surface area (Å²) in [4.78, 5) is 15.7. The first-order valence-corrected chi connectivity index (χ1v) is 5.12. The number of carboxylic acids is 1. The first-order chi connectivity index (χ1) is 7.09. The zero-order chi connectivity index (χ0) is 11.3. The molecule has 1 aromatic rings. The normalized spacial score (nSPS) is 13.0. The van der Waals surface area contributed by atoms with Gasteiger partial charge in [-0.25, -0.2) is 0 Å². The van der Waals surface area contributed by atoms with Crippen molar-refractivity contribution >= 4 is 5.97 Å². The lowest BCUT2D eigenvalue weighted by atomic mass is 10.1. The lowest BCUT2D eigenvalue weighted by molar-refractivity contribution is -0.141. The van der Waals surface area contributed by atoms with Gasteiger partial charge in [0.25, 0.3) is 0 Å². The van der Waals surface area contributed by atoms with E-state index in [2.05, 4.69) is 9.88 Å². The monoisotopic (exact) mass is 210 g/mol. The Kier molecular flexibility index (Phi) is 4.37. The van der Waals surface area contributed by atoms with Crippen LogP contribution < -0.4 is 0 Å². The number of aromatic amines is 1. The van der Waals surface area contributed by atoms with Crippen LogP contribution in [0.4, 0.5) is 0 Å². The minimum Gasteiger partial charge on any atom is -0.481 e. The molecule has 0 bridgehead atoms. The Hall–Kier alpha value is -1.29. The molecule has 4 nitrogen and oxygen atoms in total. The van der Waals surface area contributed by atoms with Gasteiger partial charge >= 0.3 is 5.97 Å². The fourth-order valence-corrected chi connectivity index (χ4v) is 1.39. The Balaban J connectivity index is 2.25. The van der Waals surface area contributed by atoms with Crippen molar-refractivity contribution in [2.75, 3.05) is 13.6 Å². The van der Waals surface area contributed by atoms with E-state index in [9.17, 15) is 4.79 Å². The zero-order valence-corrected chi connectivity index (χ0v) is 9.23. The molecule has 0 amide bonds. The molecule has 1 unspecified atom stereocenters. The van der Waals surface area contributed by atoms with Gasteiger partial charge in [-0.3, -0.25) is 4.79 Å². The van der Waals surface area contributed by atoms with Crippen molar-refractivity contribution in [1.29, 1.82) is 0 Å². The van der Waals surface area contributed by atoms with E-state index in [-0.39, 0.29) is 5.92 Å². The van der Waals surface area contributed by atoms with Crippen LogP contribution in [-0.4, -0.2) is 34.6 Å². The molecule has 84 valence electrons. The molecular formula is C11H18N2O2. The molecule has 0 aliphatic heterocycles. The summed E-state index contributed by atoms with van der Waals surface area (Å²) in [5.74, 6) is -0.983. The second kappa shape index (κ2) is 5.56. The standard InChI is InChI=1S/C11H18N2O2/c1-9(11(14)15)4-6-13(2)8-10-3-5-12-7-10/h3,5,7,9,12H,4,6,8H2,1-2H3,(H,14,15). The van der Waals surface area contributed by atoms with Crippen molar-refractivity contribution in [3.63, 3.8) is 0 Å². The molecule has 15 heavy (non-hydrogen) atoms. The Morgan fingerprint density at radius 3 is 2.93 bits per heavy atom. The summed E-state index contributed by atoms with van der Waals surface area (Å²) in [6.07, 6.45) is 4.54. The Bertz CT molecular complexity index is 296. The maximum absolute atomic E-state index is 10.6. The summed E-state index contributed by atoms with van der Waals surface area (Å²) in [6.45, 7) is 3.40. The molecule has 0 aromatic carbocycles. The summed E-state index contributed by atoms with van der Waals surface area (Å²) >= 11 is 0. The maximum atomic E-state index is 10.6. The number of aliphatic carboxylic acids is 1. The van der Waals surface area contributed by atoms with Crippen LogP contribution in [0, 0.1) is 5.92 Å². The van der Waals surface area contributed by atoms with Crippen molar-refractivity contribution in [1.82, 2.24) is 9.88 Å². The first kappa shape index (κ1) is 11.8. The third-order valence-electron chi connectivity index (χ3n) is 2.48. The number of H-pyrrole nitrogens is 1. The summed E-state index contributed by atoms with van der Waals surface area (Å²) in [7, 11) is 2.00. The number of aromatic nitrogens is 1. The Labute approximate surface area is 89.9 Å². The fourth-order valence-electron chi connectivity index (χ4n) is 1.39. The number of rotatable bonds is 6. The van der Waals surface area contributed by atoms with Crippen molar-refractivity contribution in [2.45, 2.75) is 19.9 Å². The largest absolute Gasteiger partial charge is 0.481 e. The maximum Gasteiger partial charge on any atom is 0.306 e. The van der Waals surface area contributed by atoms with Gasteiger partial charge < -0.3 is 15.0 Å². The molecule has 0 aliphatic carbocycles. The molecule has 1 rings (SSSR count). The van der Waals surface area contributed by atoms with Crippen LogP contribution in [0.2, 0.25) is 0 Å². The molecule has 0 spiro atoms. The molecule has 0 saturated carbocycles. The lowest BCUT2D eigenvalue weighted by Gasteiger charge is -2.16. The topological polar surface area (TPSA) is 56.3 Å².